The molecule has 0 aromatic heterocycles. The van der Waals surface area contributed by atoms with Gasteiger partial charge in [0.05, 0.1) is 22.0 Å². The maximum Gasteiger partial charge on any atom is 0.244 e. The van der Waals surface area contributed by atoms with Gasteiger partial charge in [-0.25, -0.2) is 8.42 Å². The number of benzene rings is 3. The quantitative estimate of drug-likeness (QED) is 0.284. The lowest BCUT2D eigenvalue weighted by atomic mass is 10.0. The van der Waals surface area contributed by atoms with Crippen molar-refractivity contribution in [1.82, 2.24) is 10.2 Å². The van der Waals surface area contributed by atoms with Crippen molar-refractivity contribution in [3.63, 3.8) is 0 Å². The Morgan fingerprint density at radius 3 is 2.17 bits per heavy atom. The van der Waals surface area contributed by atoms with E-state index >= 15 is 0 Å². The Labute approximate surface area is 254 Å². The van der Waals surface area contributed by atoms with Gasteiger partial charge >= 0.3 is 0 Å². The van der Waals surface area contributed by atoms with E-state index in [9.17, 15) is 18.0 Å². The largest absolute Gasteiger partial charge is 0.350 e. The number of hydrogen-bond donors (Lipinski definition) is 1. The Morgan fingerprint density at radius 1 is 0.950 bits per heavy atom. The molecular formula is C29H32BrCl2N3O4S. The maximum absolute atomic E-state index is 14.1. The first kappa shape index (κ1) is 31.9. The van der Waals surface area contributed by atoms with E-state index in [1.807, 2.05) is 75.4 Å². The summed E-state index contributed by atoms with van der Waals surface area (Å²) in [4.78, 5) is 29.3. The lowest BCUT2D eigenvalue weighted by molar-refractivity contribution is -0.140. The van der Waals surface area contributed by atoms with Gasteiger partial charge in [-0.1, -0.05) is 87.7 Å². The van der Waals surface area contributed by atoms with Gasteiger partial charge in [-0.2, -0.15) is 0 Å². The van der Waals surface area contributed by atoms with Crippen molar-refractivity contribution in [3.8, 4) is 0 Å². The molecule has 0 spiro atoms. The minimum Gasteiger partial charge on any atom is -0.350 e. The van der Waals surface area contributed by atoms with E-state index in [4.69, 9.17) is 23.2 Å². The number of carbonyl (C=O) groups excluding carboxylic acids is 2. The molecule has 214 valence electrons. The molecule has 40 heavy (non-hydrogen) atoms. The number of carbonyl (C=O) groups is 2. The first-order chi connectivity index (χ1) is 18.7. The van der Waals surface area contributed by atoms with Crippen LogP contribution in [0.3, 0.4) is 0 Å². The molecule has 0 unspecified atom stereocenters. The Kier molecular flexibility index (Phi) is 10.7. The molecule has 2 amide bonds. The first-order valence-corrected chi connectivity index (χ1v) is 15.9. The second-order valence-corrected chi connectivity index (χ2v) is 14.0. The highest BCUT2D eigenvalue weighted by Gasteiger charge is 2.34. The molecule has 0 aliphatic rings. The average molecular weight is 669 g/mol. The van der Waals surface area contributed by atoms with E-state index in [1.165, 1.54) is 17.0 Å². The van der Waals surface area contributed by atoms with Crippen LogP contribution in [0.15, 0.2) is 77.3 Å². The third kappa shape index (κ3) is 8.96. The number of anilines is 1. The molecule has 3 aromatic rings. The van der Waals surface area contributed by atoms with Crippen LogP contribution in [0.25, 0.3) is 0 Å². The Balaban J connectivity index is 2.10. The molecule has 0 saturated heterocycles. The van der Waals surface area contributed by atoms with E-state index in [-0.39, 0.29) is 34.6 Å². The molecule has 0 aliphatic carbocycles. The standard InChI is InChI=1S/C29H32BrCl2N3O4S/c1-29(2,3)33-28(37)25(17-20-10-6-5-7-11-20)34(18-21-12-8-13-22(30)16-21)26(36)19-35(40(4,38)39)24-15-9-14-23(31)27(24)32/h5-16,25H,17-19H2,1-4H3,(H,33,37)/t25-/m0/s1. The van der Waals surface area contributed by atoms with Crippen LogP contribution < -0.4 is 9.62 Å². The van der Waals surface area contributed by atoms with Gasteiger partial charge in [-0.05, 0) is 56.2 Å². The van der Waals surface area contributed by atoms with Gasteiger partial charge in [-0.3, -0.25) is 13.9 Å². The fraction of sp³-hybridized carbons (Fsp3) is 0.310. The van der Waals surface area contributed by atoms with Gasteiger partial charge < -0.3 is 10.2 Å². The van der Waals surface area contributed by atoms with Gasteiger partial charge in [-0.15, -0.1) is 0 Å². The summed E-state index contributed by atoms with van der Waals surface area (Å²) in [6, 6.07) is 20.4. The van der Waals surface area contributed by atoms with Crippen LogP contribution >= 0.6 is 39.1 Å². The van der Waals surface area contributed by atoms with E-state index < -0.39 is 34.1 Å². The number of nitrogens with zero attached hydrogens (tertiary/aromatic N) is 2. The predicted molar refractivity (Wildman–Crippen MR) is 165 cm³/mol. The van der Waals surface area contributed by atoms with Crippen molar-refractivity contribution < 1.29 is 18.0 Å². The second-order valence-electron chi connectivity index (χ2n) is 10.4. The van der Waals surface area contributed by atoms with Crippen LogP contribution in [0.1, 0.15) is 31.9 Å². The highest BCUT2D eigenvalue weighted by Crippen LogP contribution is 2.34. The summed E-state index contributed by atoms with van der Waals surface area (Å²) < 4.78 is 27.5. The van der Waals surface area contributed by atoms with Crippen molar-refractivity contribution in [2.75, 3.05) is 17.1 Å². The zero-order valence-corrected chi connectivity index (χ0v) is 26.6. The lowest BCUT2D eigenvalue weighted by Crippen LogP contribution is -2.56. The monoisotopic (exact) mass is 667 g/mol. The van der Waals surface area contributed by atoms with E-state index in [1.54, 1.807) is 6.07 Å². The Bertz CT molecular complexity index is 1460. The summed E-state index contributed by atoms with van der Waals surface area (Å²) >= 11 is 16.0. The Morgan fingerprint density at radius 2 is 1.57 bits per heavy atom. The molecule has 0 bridgehead atoms. The van der Waals surface area contributed by atoms with Crippen molar-refractivity contribution >= 4 is 66.7 Å². The van der Waals surface area contributed by atoms with Crippen LogP contribution in [-0.4, -0.2) is 49.5 Å². The number of sulfonamides is 1. The summed E-state index contributed by atoms with van der Waals surface area (Å²) in [6.45, 7) is 5.06. The lowest BCUT2D eigenvalue weighted by Gasteiger charge is -2.35. The normalized spacial score (nSPS) is 12.5. The number of nitrogens with one attached hydrogen (secondary N) is 1. The Hall–Kier alpha value is -2.59. The van der Waals surface area contributed by atoms with Crippen molar-refractivity contribution in [2.24, 2.45) is 0 Å². The minimum atomic E-state index is -3.96. The van der Waals surface area contributed by atoms with Crippen molar-refractivity contribution in [2.45, 2.75) is 45.3 Å². The molecule has 3 rings (SSSR count). The summed E-state index contributed by atoms with van der Waals surface area (Å²) in [5, 5.41) is 3.15. The summed E-state index contributed by atoms with van der Waals surface area (Å²) in [5.74, 6) is -0.933. The molecule has 0 heterocycles. The number of rotatable bonds is 10. The molecule has 0 aliphatic heterocycles. The van der Waals surface area contributed by atoms with E-state index in [2.05, 4.69) is 21.2 Å². The topological polar surface area (TPSA) is 86.8 Å². The van der Waals surface area contributed by atoms with Gasteiger partial charge in [0.15, 0.2) is 0 Å². The molecular weight excluding hydrogens is 637 g/mol. The van der Waals surface area contributed by atoms with Crippen LogP contribution in [0.2, 0.25) is 10.0 Å². The fourth-order valence-corrected chi connectivity index (χ4v) is 5.87. The SMILES string of the molecule is CC(C)(C)NC(=O)[C@H](Cc1ccccc1)N(Cc1cccc(Br)c1)C(=O)CN(c1cccc(Cl)c1Cl)S(C)(=O)=O. The second kappa shape index (κ2) is 13.4. The van der Waals surface area contributed by atoms with Gasteiger partial charge in [0.25, 0.3) is 0 Å². The summed E-state index contributed by atoms with van der Waals surface area (Å²) in [7, 11) is -3.96. The molecule has 0 saturated carbocycles. The zero-order chi connectivity index (χ0) is 29.7. The van der Waals surface area contributed by atoms with E-state index in [0.717, 1.165) is 26.2 Å². The van der Waals surface area contributed by atoms with Crippen molar-refractivity contribution in [3.05, 3.63) is 98.4 Å². The molecule has 7 nitrogen and oxygen atoms in total. The summed E-state index contributed by atoms with van der Waals surface area (Å²) in [5.41, 5.74) is 1.12. The van der Waals surface area contributed by atoms with Crippen LogP contribution in [0.5, 0.6) is 0 Å². The highest BCUT2D eigenvalue weighted by molar-refractivity contribution is 9.10. The van der Waals surface area contributed by atoms with Crippen LogP contribution in [0.4, 0.5) is 5.69 Å². The number of hydrogen-bond acceptors (Lipinski definition) is 4. The minimum absolute atomic E-state index is 0.00671. The smallest absolute Gasteiger partial charge is 0.244 e. The van der Waals surface area contributed by atoms with Gasteiger partial charge in [0.1, 0.15) is 12.6 Å². The fourth-order valence-electron chi connectivity index (χ4n) is 4.12. The maximum atomic E-state index is 14.1. The third-order valence-electron chi connectivity index (χ3n) is 5.89. The van der Waals surface area contributed by atoms with E-state index in [0.29, 0.717) is 0 Å². The van der Waals surface area contributed by atoms with Gasteiger partial charge in [0.2, 0.25) is 21.8 Å². The molecule has 1 N–H and O–H groups in total. The highest BCUT2D eigenvalue weighted by atomic mass is 79.9. The zero-order valence-electron chi connectivity index (χ0n) is 22.7. The molecule has 3 aromatic carbocycles. The first-order valence-electron chi connectivity index (χ1n) is 12.5. The average Bonchev–Trinajstić information content (AvgIpc) is 2.85. The summed E-state index contributed by atoms with van der Waals surface area (Å²) in [6.07, 6.45) is 1.21. The van der Waals surface area contributed by atoms with Crippen LogP contribution in [0, 0.1) is 0 Å². The third-order valence-corrected chi connectivity index (χ3v) is 8.32. The predicted octanol–water partition coefficient (Wildman–Crippen LogP) is 6.08. The van der Waals surface area contributed by atoms with Gasteiger partial charge in [0, 0.05) is 23.0 Å². The molecule has 0 radical (unpaired) electrons. The van der Waals surface area contributed by atoms with Crippen molar-refractivity contribution in [1.29, 1.82) is 0 Å². The molecule has 11 heteroatoms. The number of halogens is 3. The molecule has 0 fully saturated rings. The molecule has 1 atom stereocenters. The van der Waals surface area contributed by atoms with Crippen LogP contribution in [-0.2, 0) is 32.6 Å². The number of amides is 2.